The molecule has 4 unspecified atom stereocenters. The summed E-state index contributed by atoms with van der Waals surface area (Å²) >= 11 is 0. The number of hydrogen-bond acceptors (Lipinski definition) is 6. The van der Waals surface area contributed by atoms with Gasteiger partial charge >= 0.3 is 6.03 Å². The quantitative estimate of drug-likeness (QED) is 0.215. The molecule has 1 aliphatic rings. The third-order valence-corrected chi connectivity index (χ3v) is 7.25. The van der Waals surface area contributed by atoms with Gasteiger partial charge in [0.1, 0.15) is 25.6 Å². The minimum Gasteiger partial charge on any atom is -0.463 e. The molecule has 0 saturated carbocycles. The maximum absolute atomic E-state index is 12.3. The molecule has 0 aromatic heterocycles. The van der Waals surface area contributed by atoms with Crippen molar-refractivity contribution in [3.63, 3.8) is 0 Å². The predicted molar refractivity (Wildman–Crippen MR) is 128 cm³/mol. The van der Waals surface area contributed by atoms with E-state index in [9.17, 15) is 14.4 Å². The van der Waals surface area contributed by atoms with Crippen molar-refractivity contribution in [2.75, 3.05) is 13.2 Å². The SMILES string of the molecule is C=P(CCC1C=CC(N(/C=C(\C=O)CC)C(=O)NC)O1)(NC(C)C=O)Oc1ccccc1. The first kappa shape index (κ1) is 25.6. The van der Waals surface area contributed by atoms with Gasteiger partial charge in [0, 0.05) is 25.0 Å². The molecule has 0 saturated heterocycles. The number of allylic oxidation sites excluding steroid dienone is 1. The fourth-order valence-corrected chi connectivity index (χ4v) is 5.40. The van der Waals surface area contributed by atoms with Crippen LogP contribution in [-0.2, 0) is 14.3 Å². The fraction of sp³-hybridized carbons (Fsp3) is 0.391. The van der Waals surface area contributed by atoms with Crippen LogP contribution in [0.15, 0.2) is 54.3 Å². The standard InChI is InChI=1S/C23H32N3O5P/c1-5-19(17-28)15-26(23(29)24-3)22-12-11-20(30-22)13-14-32(4,25-18(2)16-27)31-21-9-7-6-8-10-21/h6-12,15-18,20,22,25H,4-5,13-14H2,1-3H3,(H,24,29)/b19-15-. The Morgan fingerprint density at radius 3 is 2.62 bits per heavy atom. The number of rotatable bonds is 12. The highest BCUT2D eigenvalue weighted by Crippen LogP contribution is 2.44. The number of benzene rings is 1. The molecule has 174 valence electrons. The summed E-state index contributed by atoms with van der Waals surface area (Å²) in [5.41, 5.74) is 0.486. The van der Waals surface area contributed by atoms with Gasteiger partial charge < -0.3 is 19.4 Å². The topological polar surface area (TPSA) is 97.0 Å². The number of carbonyl (C=O) groups excluding carboxylic acids is 3. The van der Waals surface area contributed by atoms with E-state index < -0.39 is 19.5 Å². The zero-order valence-electron chi connectivity index (χ0n) is 18.8. The number of ether oxygens (including phenoxy) is 1. The van der Waals surface area contributed by atoms with Crippen LogP contribution in [0.2, 0.25) is 0 Å². The van der Waals surface area contributed by atoms with Gasteiger partial charge in [-0.1, -0.05) is 37.5 Å². The smallest absolute Gasteiger partial charge is 0.323 e. The zero-order valence-corrected chi connectivity index (χ0v) is 19.7. The second-order valence-corrected chi connectivity index (χ2v) is 10.1. The number of hydrogen-bond donors (Lipinski definition) is 2. The molecule has 0 fully saturated rings. The fourth-order valence-electron chi connectivity index (χ4n) is 3.13. The largest absolute Gasteiger partial charge is 0.463 e. The van der Waals surface area contributed by atoms with E-state index in [1.807, 2.05) is 43.3 Å². The summed E-state index contributed by atoms with van der Waals surface area (Å²) in [5, 5.41) is 5.79. The highest BCUT2D eigenvalue weighted by Gasteiger charge is 2.29. The Morgan fingerprint density at radius 2 is 2.03 bits per heavy atom. The van der Waals surface area contributed by atoms with Crippen molar-refractivity contribution >= 4 is 32.2 Å². The summed E-state index contributed by atoms with van der Waals surface area (Å²) < 4.78 is 12.2. The van der Waals surface area contributed by atoms with Crippen LogP contribution < -0.4 is 14.9 Å². The molecule has 0 radical (unpaired) electrons. The number of amides is 2. The monoisotopic (exact) mass is 461 g/mol. The van der Waals surface area contributed by atoms with Crippen molar-refractivity contribution in [3.05, 3.63) is 54.3 Å². The van der Waals surface area contributed by atoms with E-state index >= 15 is 0 Å². The molecule has 32 heavy (non-hydrogen) atoms. The third-order valence-electron chi connectivity index (χ3n) is 4.83. The van der Waals surface area contributed by atoms with Crippen LogP contribution in [0.3, 0.4) is 0 Å². The highest BCUT2D eigenvalue weighted by atomic mass is 31.2. The van der Waals surface area contributed by atoms with Crippen molar-refractivity contribution < 1.29 is 23.6 Å². The summed E-state index contributed by atoms with van der Waals surface area (Å²) in [6.45, 7) is 3.60. The van der Waals surface area contributed by atoms with Crippen molar-refractivity contribution in [2.24, 2.45) is 0 Å². The number of nitrogens with one attached hydrogen (secondary N) is 2. The maximum atomic E-state index is 12.3. The molecule has 2 amide bonds. The predicted octanol–water partition coefficient (Wildman–Crippen LogP) is 3.33. The zero-order chi connectivity index (χ0) is 23.6. The summed E-state index contributed by atoms with van der Waals surface area (Å²) in [7, 11) is -0.891. The lowest BCUT2D eigenvalue weighted by molar-refractivity contribution is -0.109. The first-order valence-corrected chi connectivity index (χ1v) is 12.6. The van der Waals surface area contributed by atoms with E-state index in [-0.39, 0.29) is 12.1 Å². The molecule has 1 aromatic carbocycles. The summed E-state index contributed by atoms with van der Waals surface area (Å²) in [6.07, 6.45) is 11.8. The molecular formula is C23H32N3O5P. The highest BCUT2D eigenvalue weighted by molar-refractivity contribution is 7.67. The van der Waals surface area contributed by atoms with Crippen LogP contribution in [0, 0.1) is 0 Å². The lowest BCUT2D eigenvalue weighted by Crippen LogP contribution is -2.42. The van der Waals surface area contributed by atoms with Crippen LogP contribution in [0.1, 0.15) is 26.7 Å². The molecule has 1 heterocycles. The second kappa shape index (κ2) is 12.4. The van der Waals surface area contributed by atoms with Crippen molar-refractivity contribution in [2.45, 2.75) is 45.1 Å². The molecule has 0 bridgehead atoms. The van der Waals surface area contributed by atoms with Crippen LogP contribution in [0.25, 0.3) is 0 Å². The minimum absolute atomic E-state index is 0.268. The molecule has 4 atom stereocenters. The lowest BCUT2D eigenvalue weighted by Gasteiger charge is -2.30. The Kier molecular flexibility index (Phi) is 9.91. The first-order valence-electron chi connectivity index (χ1n) is 10.5. The van der Waals surface area contributed by atoms with Crippen molar-refractivity contribution in [1.82, 2.24) is 15.3 Å². The lowest BCUT2D eigenvalue weighted by atomic mass is 10.2. The Morgan fingerprint density at radius 1 is 1.31 bits per heavy atom. The number of aldehydes is 2. The molecule has 2 rings (SSSR count). The number of carbonyl (C=O) groups is 3. The van der Waals surface area contributed by atoms with Gasteiger partial charge in [0.05, 0.1) is 12.1 Å². The molecular weight excluding hydrogens is 429 g/mol. The van der Waals surface area contributed by atoms with Crippen LogP contribution in [0.5, 0.6) is 5.75 Å². The van der Waals surface area contributed by atoms with E-state index in [0.29, 0.717) is 30.3 Å². The number of urea groups is 1. The van der Waals surface area contributed by atoms with Gasteiger partial charge in [0.15, 0.2) is 6.23 Å². The molecule has 0 spiro atoms. The molecule has 1 aromatic rings. The van der Waals surface area contributed by atoms with Gasteiger partial charge in [0.2, 0.25) is 0 Å². The second-order valence-electron chi connectivity index (χ2n) is 7.45. The van der Waals surface area contributed by atoms with Gasteiger partial charge in [-0.15, -0.1) is 0 Å². The Bertz CT molecular complexity index is 887. The van der Waals surface area contributed by atoms with E-state index in [1.165, 1.54) is 18.1 Å². The number of para-hydroxylation sites is 1. The van der Waals surface area contributed by atoms with E-state index in [4.69, 9.17) is 9.26 Å². The summed E-state index contributed by atoms with van der Waals surface area (Å²) in [5.74, 6) is 0.680. The van der Waals surface area contributed by atoms with E-state index in [2.05, 4.69) is 16.7 Å². The molecule has 2 N–H and O–H groups in total. The molecule has 1 aliphatic heterocycles. The Hall–Kier alpha value is -2.67. The van der Waals surface area contributed by atoms with E-state index in [1.54, 1.807) is 13.0 Å². The average molecular weight is 461 g/mol. The van der Waals surface area contributed by atoms with Crippen LogP contribution in [0.4, 0.5) is 4.79 Å². The van der Waals surface area contributed by atoms with Gasteiger partial charge in [-0.2, -0.15) is 0 Å². The summed E-state index contributed by atoms with van der Waals surface area (Å²) in [4.78, 5) is 36.1. The van der Waals surface area contributed by atoms with Crippen LogP contribution >= 0.6 is 7.26 Å². The third kappa shape index (κ3) is 7.48. The molecule has 9 heteroatoms. The van der Waals surface area contributed by atoms with E-state index in [0.717, 1.165) is 12.6 Å². The van der Waals surface area contributed by atoms with Gasteiger partial charge in [-0.3, -0.25) is 14.8 Å². The van der Waals surface area contributed by atoms with Crippen molar-refractivity contribution in [1.29, 1.82) is 0 Å². The Labute approximate surface area is 189 Å². The van der Waals surface area contributed by atoms with Gasteiger partial charge in [-0.05, 0) is 38.0 Å². The van der Waals surface area contributed by atoms with Crippen molar-refractivity contribution in [3.8, 4) is 5.75 Å². The summed E-state index contributed by atoms with van der Waals surface area (Å²) in [6, 6.07) is 8.57. The van der Waals surface area contributed by atoms with Gasteiger partial charge in [0.25, 0.3) is 0 Å². The van der Waals surface area contributed by atoms with Crippen LogP contribution in [-0.4, -0.2) is 61.4 Å². The maximum Gasteiger partial charge on any atom is 0.323 e. The Balaban J connectivity index is 2.07. The molecule has 8 nitrogen and oxygen atoms in total. The van der Waals surface area contributed by atoms with Gasteiger partial charge in [-0.25, -0.2) is 4.79 Å². The minimum atomic E-state index is -2.41. The average Bonchev–Trinajstić information content (AvgIpc) is 3.27. The first-order chi connectivity index (χ1) is 15.3. The number of nitrogens with zero attached hydrogens (tertiary/aromatic N) is 1. The normalized spacial score (nSPS) is 20.8. The molecule has 0 aliphatic carbocycles.